The van der Waals surface area contributed by atoms with Gasteiger partial charge in [0.05, 0.1) is 0 Å². The van der Waals surface area contributed by atoms with Crippen LogP contribution in [-0.4, -0.2) is 30.9 Å². The van der Waals surface area contributed by atoms with Gasteiger partial charge in [-0.25, -0.2) is 0 Å². The number of nitrogens with one attached hydrogen (secondary N) is 2. The van der Waals surface area contributed by atoms with Crippen LogP contribution in [0.1, 0.15) is 26.7 Å². The van der Waals surface area contributed by atoms with E-state index in [-0.39, 0.29) is 6.04 Å². The lowest BCUT2D eigenvalue weighted by atomic mass is 10.2. The van der Waals surface area contributed by atoms with Crippen molar-refractivity contribution in [1.29, 1.82) is 0 Å². The number of anilines is 2. The fraction of sp³-hybridized carbons (Fsp3) is 0.467. The van der Waals surface area contributed by atoms with E-state index in [0.29, 0.717) is 5.69 Å². The molecular formula is C15H21N3O2. The lowest BCUT2D eigenvalue weighted by molar-refractivity contribution is -0.136. The number of rotatable bonds is 3. The minimum atomic E-state index is -0.632. The molecule has 1 fully saturated rings. The van der Waals surface area contributed by atoms with Gasteiger partial charge in [0.25, 0.3) is 0 Å². The summed E-state index contributed by atoms with van der Waals surface area (Å²) in [5.74, 6) is -1.24. The fourth-order valence-corrected chi connectivity index (χ4v) is 2.25. The van der Waals surface area contributed by atoms with E-state index in [0.717, 1.165) is 18.8 Å². The van der Waals surface area contributed by atoms with Gasteiger partial charge in [-0.05, 0) is 51.0 Å². The first-order chi connectivity index (χ1) is 9.56. The zero-order valence-corrected chi connectivity index (χ0v) is 12.0. The number of amides is 2. The normalized spacial score (nSPS) is 14.4. The first-order valence-corrected chi connectivity index (χ1v) is 7.03. The van der Waals surface area contributed by atoms with E-state index >= 15 is 0 Å². The van der Waals surface area contributed by atoms with Crippen LogP contribution in [0.2, 0.25) is 0 Å². The van der Waals surface area contributed by atoms with Crippen LogP contribution in [0.5, 0.6) is 0 Å². The molecule has 1 saturated heterocycles. The largest absolute Gasteiger partial charge is 0.372 e. The first kappa shape index (κ1) is 14.4. The molecule has 0 aliphatic carbocycles. The lowest BCUT2D eigenvalue weighted by Crippen LogP contribution is -2.39. The van der Waals surface area contributed by atoms with Gasteiger partial charge in [0, 0.05) is 30.5 Å². The summed E-state index contributed by atoms with van der Waals surface area (Å²) in [7, 11) is 0. The SMILES string of the molecule is CC(C)NC(=O)C(=O)Nc1ccc(N2CCCC2)cc1. The van der Waals surface area contributed by atoms with Crippen molar-refractivity contribution in [3.8, 4) is 0 Å². The molecule has 0 radical (unpaired) electrons. The number of hydrogen-bond acceptors (Lipinski definition) is 3. The van der Waals surface area contributed by atoms with E-state index in [1.165, 1.54) is 12.8 Å². The van der Waals surface area contributed by atoms with Crippen LogP contribution < -0.4 is 15.5 Å². The van der Waals surface area contributed by atoms with Crippen molar-refractivity contribution in [2.75, 3.05) is 23.3 Å². The minimum absolute atomic E-state index is 0.0502. The molecule has 1 heterocycles. The maximum Gasteiger partial charge on any atom is 0.313 e. The van der Waals surface area contributed by atoms with E-state index in [1.807, 2.05) is 38.1 Å². The van der Waals surface area contributed by atoms with Crippen molar-refractivity contribution in [2.24, 2.45) is 0 Å². The molecule has 2 N–H and O–H groups in total. The summed E-state index contributed by atoms with van der Waals surface area (Å²) in [6.07, 6.45) is 2.46. The summed E-state index contributed by atoms with van der Waals surface area (Å²) in [6.45, 7) is 5.80. The van der Waals surface area contributed by atoms with Crippen LogP contribution in [0, 0.1) is 0 Å². The molecule has 0 bridgehead atoms. The third kappa shape index (κ3) is 3.73. The van der Waals surface area contributed by atoms with E-state index in [9.17, 15) is 9.59 Å². The number of benzene rings is 1. The van der Waals surface area contributed by atoms with Crippen molar-refractivity contribution < 1.29 is 9.59 Å². The number of hydrogen-bond donors (Lipinski definition) is 2. The van der Waals surface area contributed by atoms with Gasteiger partial charge in [0.15, 0.2) is 0 Å². The molecule has 20 heavy (non-hydrogen) atoms. The smallest absolute Gasteiger partial charge is 0.313 e. The molecule has 2 rings (SSSR count). The van der Waals surface area contributed by atoms with E-state index in [4.69, 9.17) is 0 Å². The number of nitrogens with zero attached hydrogens (tertiary/aromatic N) is 1. The molecule has 0 unspecified atom stereocenters. The van der Waals surface area contributed by atoms with Gasteiger partial charge in [-0.3, -0.25) is 9.59 Å². The van der Waals surface area contributed by atoms with Crippen molar-refractivity contribution in [3.63, 3.8) is 0 Å². The molecule has 1 aliphatic rings. The topological polar surface area (TPSA) is 61.4 Å². The molecule has 108 valence electrons. The van der Waals surface area contributed by atoms with Crippen molar-refractivity contribution in [3.05, 3.63) is 24.3 Å². The van der Waals surface area contributed by atoms with Crippen LogP contribution >= 0.6 is 0 Å². The summed E-state index contributed by atoms with van der Waals surface area (Å²) in [5, 5.41) is 5.16. The number of carbonyl (C=O) groups excluding carboxylic acids is 2. The van der Waals surface area contributed by atoms with Crippen LogP contribution in [0.15, 0.2) is 24.3 Å². The van der Waals surface area contributed by atoms with E-state index in [1.54, 1.807) is 0 Å². The summed E-state index contributed by atoms with van der Waals surface area (Å²) in [5.41, 5.74) is 1.80. The fourth-order valence-electron chi connectivity index (χ4n) is 2.25. The summed E-state index contributed by atoms with van der Waals surface area (Å²) < 4.78 is 0. The first-order valence-electron chi connectivity index (χ1n) is 7.03. The summed E-state index contributed by atoms with van der Waals surface area (Å²) >= 11 is 0. The minimum Gasteiger partial charge on any atom is -0.372 e. The molecule has 5 heteroatoms. The van der Waals surface area contributed by atoms with Gasteiger partial charge < -0.3 is 15.5 Å². The Kier molecular flexibility index (Phi) is 4.61. The van der Waals surface area contributed by atoms with Gasteiger partial charge in [0.2, 0.25) is 0 Å². The molecule has 0 aromatic heterocycles. The van der Waals surface area contributed by atoms with Crippen molar-refractivity contribution in [2.45, 2.75) is 32.7 Å². The summed E-state index contributed by atoms with van der Waals surface area (Å²) in [6, 6.07) is 7.55. The second-order valence-electron chi connectivity index (χ2n) is 5.32. The molecule has 0 saturated carbocycles. The quantitative estimate of drug-likeness (QED) is 0.826. The molecule has 5 nitrogen and oxygen atoms in total. The van der Waals surface area contributed by atoms with Gasteiger partial charge >= 0.3 is 11.8 Å². The average molecular weight is 275 g/mol. The summed E-state index contributed by atoms with van der Waals surface area (Å²) in [4.78, 5) is 25.5. The second-order valence-corrected chi connectivity index (χ2v) is 5.32. The maximum atomic E-state index is 11.7. The Morgan fingerprint density at radius 3 is 2.20 bits per heavy atom. The highest BCUT2D eigenvalue weighted by molar-refractivity contribution is 6.39. The van der Waals surface area contributed by atoms with Crippen LogP contribution in [0.4, 0.5) is 11.4 Å². The highest BCUT2D eigenvalue weighted by Crippen LogP contribution is 2.21. The van der Waals surface area contributed by atoms with E-state index in [2.05, 4.69) is 15.5 Å². The van der Waals surface area contributed by atoms with Crippen LogP contribution in [-0.2, 0) is 9.59 Å². The molecule has 1 aliphatic heterocycles. The Labute approximate surface area is 119 Å². The third-order valence-corrected chi connectivity index (χ3v) is 3.22. The molecule has 0 atom stereocenters. The van der Waals surface area contributed by atoms with Gasteiger partial charge in [-0.2, -0.15) is 0 Å². The third-order valence-electron chi connectivity index (χ3n) is 3.22. The van der Waals surface area contributed by atoms with Crippen molar-refractivity contribution >= 4 is 23.2 Å². The van der Waals surface area contributed by atoms with Gasteiger partial charge in [-0.1, -0.05) is 0 Å². The highest BCUT2D eigenvalue weighted by Gasteiger charge is 2.15. The average Bonchev–Trinajstić information content (AvgIpc) is 2.92. The highest BCUT2D eigenvalue weighted by atomic mass is 16.2. The van der Waals surface area contributed by atoms with Crippen LogP contribution in [0.3, 0.4) is 0 Å². The Morgan fingerprint density at radius 2 is 1.65 bits per heavy atom. The zero-order valence-electron chi connectivity index (χ0n) is 12.0. The Balaban J connectivity index is 1.93. The van der Waals surface area contributed by atoms with Crippen molar-refractivity contribution in [1.82, 2.24) is 5.32 Å². The van der Waals surface area contributed by atoms with Gasteiger partial charge in [0.1, 0.15) is 0 Å². The molecule has 2 amide bonds. The lowest BCUT2D eigenvalue weighted by Gasteiger charge is -2.17. The molecule has 1 aromatic rings. The zero-order chi connectivity index (χ0) is 14.5. The van der Waals surface area contributed by atoms with E-state index < -0.39 is 11.8 Å². The van der Waals surface area contributed by atoms with Gasteiger partial charge in [-0.15, -0.1) is 0 Å². The maximum absolute atomic E-state index is 11.7. The monoisotopic (exact) mass is 275 g/mol. The molecular weight excluding hydrogens is 254 g/mol. The Hall–Kier alpha value is -2.04. The standard InChI is InChI=1S/C15H21N3O2/c1-11(2)16-14(19)15(20)17-12-5-7-13(8-6-12)18-9-3-4-10-18/h5-8,11H,3-4,9-10H2,1-2H3,(H,16,19)(H,17,20). The Morgan fingerprint density at radius 1 is 1.05 bits per heavy atom. The predicted molar refractivity (Wildman–Crippen MR) is 79.8 cm³/mol. The molecule has 1 aromatic carbocycles. The number of carbonyl (C=O) groups is 2. The Bertz CT molecular complexity index is 476. The predicted octanol–water partition coefficient (Wildman–Crippen LogP) is 1.75. The molecule has 0 spiro atoms. The second kappa shape index (κ2) is 6.41. The van der Waals surface area contributed by atoms with Crippen LogP contribution in [0.25, 0.3) is 0 Å².